The molecule has 0 aliphatic heterocycles. The topological polar surface area (TPSA) is 12.5 Å². The summed E-state index contributed by atoms with van der Waals surface area (Å²) in [7, 11) is 0. The van der Waals surface area contributed by atoms with Gasteiger partial charge >= 0.3 is 0 Å². The second kappa shape index (κ2) is 7.49. The fraction of sp³-hybridized carbons (Fsp3) is 1.00. The number of ether oxygens (including phenoxy) is 1. The Balaban J connectivity index is 2.14. The molecule has 0 heterocycles. The summed E-state index contributed by atoms with van der Waals surface area (Å²) in [6, 6.07) is 0.818. The van der Waals surface area contributed by atoms with Crippen LogP contribution in [0, 0.1) is 0 Å². The number of rotatable bonds is 8. The summed E-state index contributed by atoms with van der Waals surface area (Å²) in [4.78, 5) is 2.54. The molecule has 1 aliphatic carbocycles. The normalized spacial score (nSPS) is 17.4. The molecule has 3 heteroatoms. The van der Waals surface area contributed by atoms with Gasteiger partial charge in [-0.3, -0.25) is 4.90 Å². The average molecular weight is 220 g/mol. The van der Waals surface area contributed by atoms with Crippen molar-refractivity contribution in [3.05, 3.63) is 0 Å². The van der Waals surface area contributed by atoms with Crippen molar-refractivity contribution in [2.75, 3.05) is 32.2 Å². The number of halogens is 1. The van der Waals surface area contributed by atoms with Crippen molar-refractivity contribution >= 4 is 11.6 Å². The zero-order valence-corrected chi connectivity index (χ0v) is 9.93. The fourth-order valence-electron chi connectivity index (χ4n) is 1.82. The molecular weight excluding hydrogens is 198 g/mol. The monoisotopic (exact) mass is 219 g/mol. The molecule has 0 amide bonds. The van der Waals surface area contributed by atoms with Crippen LogP contribution in [0.25, 0.3) is 0 Å². The summed E-state index contributed by atoms with van der Waals surface area (Å²) in [6.07, 6.45) is 5.24. The van der Waals surface area contributed by atoms with Crippen molar-refractivity contribution < 1.29 is 4.74 Å². The molecule has 0 spiro atoms. The SMILES string of the molecule is CCOCCN(CCCCl)C1CCC1. The summed E-state index contributed by atoms with van der Waals surface area (Å²) >= 11 is 5.71. The lowest BCUT2D eigenvalue weighted by molar-refractivity contribution is 0.0693. The molecule has 0 unspecified atom stereocenters. The number of hydrogen-bond acceptors (Lipinski definition) is 2. The highest BCUT2D eigenvalue weighted by molar-refractivity contribution is 6.17. The molecule has 0 saturated heterocycles. The molecular formula is C11H22ClNO. The first-order valence-electron chi connectivity index (χ1n) is 5.76. The summed E-state index contributed by atoms with van der Waals surface area (Å²) in [6.45, 7) is 5.96. The Bertz CT molecular complexity index is 139. The summed E-state index contributed by atoms with van der Waals surface area (Å²) in [5.74, 6) is 0.776. The highest BCUT2D eigenvalue weighted by atomic mass is 35.5. The molecule has 14 heavy (non-hydrogen) atoms. The quantitative estimate of drug-likeness (QED) is 0.460. The first kappa shape index (κ1) is 12.3. The van der Waals surface area contributed by atoms with Gasteiger partial charge in [-0.05, 0) is 32.7 Å². The van der Waals surface area contributed by atoms with E-state index in [1.165, 1.54) is 19.3 Å². The minimum absolute atomic E-state index is 0.776. The minimum atomic E-state index is 0.776. The molecule has 1 aliphatic rings. The maximum atomic E-state index is 5.71. The lowest BCUT2D eigenvalue weighted by Crippen LogP contribution is -2.42. The third-order valence-electron chi connectivity index (χ3n) is 2.90. The molecule has 0 aromatic carbocycles. The zero-order valence-electron chi connectivity index (χ0n) is 9.17. The highest BCUT2D eigenvalue weighted by Gasteiger charge is 2.23. The number of alkyl halides is 1. The highest BCUT2D eigenvalue weighted by Crippen LogP contribution is 2.24. The second-order valence-corrected chi connectivity index (χ2v) is 4.24. The predicted octanol–water partition coefficient (Wildman–Crippen LogP) is 2.51. The standard InChI is InChI=1S/C11H22ClNO/c1-2-14-10-9-13(8-4-7-12)11-5-3-6-11/h11H,2-10H2,1H3. The van der Waals surface area contributed by atoms with Crippen molar-refractivity contribution in [2.45, 2.75) is 38.6 Å². The number of nitrogens with zero attached hydrogens (tertiary/aromatic N) is 1. The molecule has 1 saturated carbocycles. The van der Waals surface area contributed by atoms with Gasteiger partial charge in [0.2, 0.25) is 0 Å². The Hall–Kier alpha value is 0.210. The molecule has 0 N–H and O–H groups in total. The van der Waals surface area contributed by atoms with E-state index in [1.807, 2.05) is 6.92 Å². The molecule has 2 nitrogen and oxygen atoms in total. The lowest BCUT2D eigenvalue weighted by atomic mass is 9.91. The molecule has 0 aromatic heterocycles. The molecule has 1 fully saturated rings. The van der Waals surface area contributed by atoms with Crippen LogP contribution in [0.2, 0.25) is 0 Å². The Labute approximate surface area is 92.6 Å². The van der Waals surface area contributed by atoms with Crippen molar-refractivity contribution in [1.82, 2.24) is 4.90 Å². The van der Waals surface area contributed by atoms with Crippen LogP contribution >= 0.6 is 11.6 Å². The smallest absolute Gasteiger partial charge is 0.0593 e. The van der Waals surface area contributed by atoms with E-state index in [2.05, 4.69) is 4.90 Å². The van der Waals surface area contributed by atoms with E-state index < -0.39 is 0 Å². The summed E-state index contributed by atoms with van der Waals surface area (Å²) < 4.78 is 5.39. The van der Waals surface area contributed by atoms with Crippen molar-refractivity contribution in [2.24, 2.45) is 0 Å². The maximum Gasteiger partial charge on any atom is 0.0593 e. The van der Waals surface area contributed by atoms with Gasteiger partial charge in [-0.25, -0.2) is 0 Å². The first-order valence-corrected chi connectivity index (χ1v) is 6.29. The predicted molar refractivity (Wildman–Crippen MR) is 61.0 cm³/mol. The molecule has 0 atom stereocenters. The van der Waals surface area contributed by atoms with E-state index in [4.69, 9.17) is 16.3 Å². The minimum Gasteiger partial charge on any atom is -0.380 e. The third kappa shape index (κ3) is 4.16. The van der Waals surface area contributed by atoms with Crippen LogP contribution in [0.15, 0.2) is 0 Å². The van der Waals surface area contributed by atoms with Crippen LogP contribution in [0.1, 0.15) is 32.6 Å². The second-order valence-electron chi connectivity index (χ2n) is 3.86. The zero-order chi connectivity index (χ0) is 10.2. The molecule has 0 bridgehead atoms. The van der Waals surface area contributed by atoms with E-state index in [0.29, 0.717) is 0 Å². The van der Waals surface area contributed by atoms with Crippen molar-refractivity contribution in [3.8, 4) is 0 Å². The largest absolute Gasteiger partial charge is 0.380 e. The molecule has 1 rings (SSSR count). The van der Waals surface area contributed by atoms with E-state index >= 15 is 0 Å². The van der Waals surface area contributed by atoms with Gasteiger partial charge in [0.25, 0.3) is 0 Å². The van der Waals surface area contributed by atoms with Crippen LogP contribution in [-0.2, 0) is 4.74 Å². The Morgan fingerprint density at radius 1 is 1.36 bits per heavy atom. The van der Waals surface area contributed by atoms with Gasteiger partial charge in [0.05, 0.1) is 6.61 Å². The van der Waals surface area contributed by atoms with Gasteiger partial charge in [0.15, 0.2) is 0 Å². The van der Waals surface area contributed by atoms with Crippen LogP contribution < -0.4 is 0 Å². The summed E-state index contributed by atoms with van der Waals surface area (Å²) in [5.41, 5.74) is 0. The molecule has 0 radical (unpaired) electrons. The van der Waals surface area contributed by atoms with Crippen molar-refractivity contribution in [3.63, 3.8) is 0 Å². The third-order valence-corrected chi connectivity index (χ3v) is 3.16. The first-order chi connectivity index (χ1) is 6.88. The number of hydrogen-bond donors (Lipinski definition) is 0. The van der Waals surface area contributed by atoms with Crippen LogP contribution in [-0.4, -0.2) is 43.1 Å². The molecule has 84 valence electrons. The Kier molecular flexibility index (Phi) is 6.57. The van der Waals surface area contributed by atoms with Gasteiger partial charge in [-0.1, -0.05) is 6.42 Å². The van der Waals surface area contributed by atoms with E-state index in [1.54, 1.807) is 0 Å². The van der Waals surface area contributed by atoms with E-state index in [9.17, 15) is 0 Å². The Morgan fingerprint density at radius 3 is 2.64 bits per heavy atom. The van der Waals surface area contributed by atoms with Gasteiger partial charge in [-0.15, -0.1) is 11.6 Å². The average Bonchev–Trinajstić information content (AvgIpc) is 2.11. The van der Waals surface area contributed by atoms with Crippen molar-refractivity contribution in [1.29, 1.82) is 0 Å². The van der Waals surface area contributed by atoms with Crippen LogP contribution in [0.4, 0.5) is 0 Å². The van der Waals surface area contributed by atoms with E-state index in [0.717, 1.165) is 44.6 Å². The van der Waals surface area contributed by atoms with Crippen LogP contribution in [0.3, 0.4) is 0 Å². The van der Waals surface area contributed by atoms with Crippen LogP contribution in [0.5, 0.6) is 0 Å². The van der Waals surface area contributed by atoms with Gasteiger partial charge in [0, 0.05) is 25.1 Å². The fourth-order valence-corrected chi connectivity index (χ4v) is 1.94. The van der Waals surface area contributed by atoms with Gasteiger partial charge < -0.3 is 4.74 Å². The van der Waals surface area contributed by atoms with Gasteiger partial charge in [-0.2, -0.15) is 0 Å². The van der Waals surface area contributed by atoms with Gasteiger partial charge in [0.1, 0.15) is 0 Å². The lowest BCUT2D eigenvalue weighted by Gasteiger charge is -2.37. The summed E-state index contributed by atoms with van der Waals surface area (Å²) in [5, 5.41) is 0. The van der Waals surface area contributed by atoms with E-state index in [-0.39, 0.29) is 0 Å². The Morgan fingerprint density at radius 2 is 2.14 bits per heavy atom. The maximum absolute atomic E-state index is 5.71. The molecule has 0 aromatic rings.